The SMILES string of the molecule is CCCCCCCCCCCCCCC(=O)OCC1(CO)COC(=O)CC(S(=O)(=O)O)C(=O)OC1. The van der Waals surface area contributed by atoms with Gasteiger partial charge in [-0.25, -0.2) is 0 Å². The summed E-state index contributed by atoms with van der Waals surface area (Å²) in [5.41, 5.74) is -1.42. The van der Waals surface area contributed by atoms with E-state index in [0.717, 1.165) is 19.3 Å². The second kappa shape index (κ2) is 16.9. The summed E-state index contributed by atoms with van der Waals surface area (Å²) >= 11 is 0. The van der Waals surface area contributed by atoms with Crippen molar-refractivity contribution in [2.75, 3.05) is 26.4 Å². The lowest BCUT2D eigenvalue weighted by molar-refractivity contribution is -0.161. The maximum absolute atomic E-state index is 12.1. The fourth-order valence-electron chi connectivity index (χ4n) is 3.75. The van der Waals surface area contributed by atoms with Gasteiger partial charge in [-0.2, -0.15) is 8.42 Å². The smallest absolute Gasteiger partial charge is 0.327 e. The molecule has 0 bridgehead atoms. The highest BCUT2D eigenvalue weighted by Gasteiger charge is 2.42. The summed E-state index contributed by atoms with van der Waals surface area (Å²) in [6.07, 6.45) is 13.3. The molecule has 1 saturated heterocycles. The van der Waals surface area contributed by atoms with Gasteiger partial charge in [-0.05, 0) is 6.42 Å². The van der Waals surface area contributed by atoms with Gasteiger partial charge in [-0.3, -0.25) is 18.9 Å². The Morgan fingerprint density at radius 1 is 0.943 bits per heavy atom. The quantitative estimate of drug-likeness (QED) is 0.126. The zero-order valence-corrected chi connectivity index (χ0v) is 21.7. The normalized spacial score (nSPS) is 21.4. The molecule has 11 heteroatoms. The number of esters is 3. The molecule has 1 aliphatic heterocycles. The fraction of sp³-hybridized carbons (Fsp3) is 0.875. The van der Waals surface area contributed by atoms with Crippen LogP contribution in [0.1, 0.15) is 96.8 Å². The van der Waals surface area contributed by atoms with E-state index in [2.05, 4.69) is 6.92 Å². The van der Waals surface area contributed by atoms with Gasteiger partial charge < -0.3 is 19.3 Å². The number of ether oxygens (including phenoxy) is 3. The molecule has 0 amide bonds. The predicted molar refractivity (Wildman–Crippen MR) is 128 cm³/mol. The molecule has 1 rings (SSSR count). The van der Waals surface area contributed by atoms with Crippen molar-refractivity contribution in [1.82, 2.24) is 0 Å². The molecule has 0 aromatic carbocycles. The highest BCUT2D eigenvalue weighted by atomic mass is 32.2. The Morgan fingerprint density at radius 3 is 1.97 bits per heavy atom. The van der Waals surface area contributed by atoms with E-state index in [4.69, 9.17) is 18.8 Å². The molecule has 0 aromatic rings. The van der Waals surface area contributed by atoms with E-state index in [1.807, 2.05) is 0 Å². The number of aliphatic hydroxyl groups excluding tert-OH is 1. The number of unbranched alkanes of at least 4 members (excludes halogenated alkanes) is 11. The van der Waals surface area contributed by atoms with Crippen LogP contribution < -0.4 is 0 Å². The van der Waals surface area contributed by atoms with Gasteiger partial charge in [0.1, 0.15) is 19.8 Å². The van der Waals surface area contributed by atoms with Crippen molar-refractivity contribution in [3.05, 3.63) is 0 Å². The molecule has 2 atom stereocenters. The van der Waals surface area contributed by atoms with E-state index >= 15 is 0 Å². The van der Waals surface area contributed by atoms with Crippen LogP contribution in [0.3, 0.4) is 0 Å². The van der Waals surface area contributed by atoms with Gasteiger partial charge in [0.2, 0.25) is 0 Å². The van der Waals surface area contributed by atoms with E-state index in [1.165, 1.54) is 51.4 Å². The molecule has 0 saturated carbocycles. The standard InChI is InChI=1S/C24H42O10S/c1-2-3-4-5-6-7-8-9-10-11-12-13-14-21(26)32-17-24(16-25)18-33-22(27)15-20(35(29,30)31)23(28)34-19-24/h20,25H,2-19H2,1H3,(H,29,30,31). The number of carbonyl (C=O) groups excluding carboxylic acids is 3. The van der Waals surface area contributed by atoms with Crippen molar-refractivity contribution in [1.29, 1.82) is 0 Å². The van der Waals surface area contributed by atoms with Crippen LogP contribution >= 0.6 is 0 Å². The molecule has 0 aliphatic carbocycles. The van der Waals surface area contributed by atoms with Crippen molar-refractivity contribution >= 4 is 28.0 Å². The van der Waals surface area contributed by atoms with E-state index in [9.17, 15) is 27.9 Å². The maximum atomic E-state index is 12.1. The molecule has 0 aromatic heterocycles. The third-order valence-corrected chi connectivity index (χ3v) is 7.22. The Morgan fingerprint density at radius 2 is 1.46 bits per heavy atom. The first-order valence-corrected chi connectivity index (χ1v) is 14.2. The van der Waals surface area contributed by atoms with Gasteiger partial charge in [-0.1, -0.05) is 77.6 Å². The Hall–Kier alpha value is -1.72. The Bertz CT molecular complexity index is 751. The Balaban J connectivity index is 2.31. The number of hydrogen-bond donors (Lipinski definition) is 2. The van der Waals surface area contributed by atoms with Gasteiger partial charge >= 0.3 is 17.9 Å². The first kappa shape index (κ1) is 31.3. The summed E-state index contributed by atoms with van der Waals surface area (Å²) in [4.78, 5) is 36.0. The monoisotopic (exact) mass is 522 g/mol. The van der Waals surface area contributed by atoms with Crippen LogP contribution in [0.5, 0.6) is 0 Å². The number of aliphatic hydroxyl groups is 1. The van der Waals surface area contributed by atoms with Gasteiger partial charge in [0.25, 0.3) is 10.1 Å². The zero-order valence-electron chi connectivity index (χ0n) is 20.9. The minimum atomic E-state index is -4.88. The Kier molecular flexibility index (Phi) is 15.1. The average molecular weight is 523 g/mol. The van der Waals surface area contributed by atoms with Gasteiger partial charge in [0.05, 0.1) is 18.4 Å². The predicted octanol–water partition coefficient (Wildman–Crippen LogP) is 3.35. The fourth-order valence-corrected chi connectivity index (χ4v) is 4.41. The van der Waals surface area contributed by atoms with Crippen LogP contribution in [0, 0.1) is 5.41 Å². The molecule has 10 nitrogen and oxygen atoms in total. The van der Waals surface area contributed by atoms with Crippen molar-refractivity contribution in [3.63, 3.8) is 0 Å². The molecule has 1 aliphatic rings. The summed E-state index contributed by atoms with van der Waals surface area (Å²) in [6, 6.07) is 0. The third kappa shape index (κ3) is 13.2. The molecule has 1 fully saturated rings. The number of hydrogen-bond acceptors (Lipinski definition) is 9. The van der Waals surface area contributed by atoms with Crippen LogP contribution in [0.25, 0.3) is 0 Å². The summed E-state index contributed by atoms with van der Waals surface area (Å²) in [6.45, 7) is 0.203. The molecule has 2 N–H and O–H groups in total. The van der Waals surface area contributed by atoms with Crippen molar-refractivity contribution in [2.24, 2.45) is 5.41 Å². The van der Waals surface area contributed by atoms with E-state index < -0.39 is 64.9 Å². The van der Waals surface area contributed by atoms with Gasteiger partial charge in [0.15, 0.2) is 5.25 Å². The Labute approximate surface area is 208 Å². The third-order valence-electron chi connectivity index (χ3n) is 6.14. The summed E-state index contributed by atoms with van der Waals surface area (Å²) in [5.74, 6) is -2.89. The molecular weight excluding hydrogens is 480 g/mol. The highest BCUT2D eigenvalue weighted by molar-refractivity contribution is 7.87. The van der Waals surface area contributed by atoms with Crippen LogP contribution in [0.15, 0.2) is 0 Å². The summed E-state index contributed by atoms with van der Waals surface area (Å²) < 4.78 is 46.9. The minimum absolute atomic E-state index is 0.198. The van der Waals surface area contributed by atoms with Crippen molar-refractivity contribution in [3.8, 4) is 0 Å². The zero-order chi connectivity index (χ0) is 26.2. The van der Waals surface area contributed by atoms with Gasteiger partial charge in [-0.15, -0.1) is 0 Å². The van der Waals surface area contributed by atoms with Crippen LogP contribution in [-0.2, 0) is 38.7 Å². The first-order chi connectivity index (χ1) is 16.6. The van der Waals surface area contributed by atoms with Crippen LogP contribution in [0.4, 0.5) is 0 Å². The minimum Gasteiger partial charge on any atom is -0.465 e. The van der Waals surface area contributed by atoms with E-state index in [-0.39, 0.29) is 13.0 Å². The first-order valence-electron chi connectivity index (χ1n) is 12.7. The molecule has 35 heavy (non-hydrogen) atoms. The molecule has 0 spiro atoms. The maximum Gasteiger partial charge on any atom is 0.327 e. The second-order valence-corrected chi connectivity index (χ2v) is 11.0. The molecule has 2 unspecified atom stereocenters. The summed E-state index contributed by atoms with van der Waals surface area (Å²) in [5, 5.41) is 7.70. The molecule has 204 valence electrons. The molecule has 1 heterocycles. The van der Waals surface area contributed by atoms with Crippen LogP contribution in [0.2, 0.25) is 0 Å². The number of cyclic esters (lactones) is 2. The number of rotatable bonds is 17. The van der Waals surface area contributed by atoms with E-state index in [0.29, 0.717) is 6.42 Å². The highest BCUT2D eigenvalue weighted by Crippen LogP contribution is 2.23. The lowest BCUT2D eigenvalue weighted by Gasteiger charge is -2.29. The molecular formula is C24H42O10S. The van der Waals surface area contributed by atoms with Crippen molar-refractivity contribution < 1.29 is 46.7 Å². The molecule has 0 radical (unpaired) electrons. The number of carbonyl (C=O) groups is 3. The summed E-state index contributed by atoms with van der Waals surface area (Å²) in [7, 11) is -4.88. The average Bonchev–Trinajstić information content (AvgIpc) is 2.87. The van der Waals surface area contributed by atoms with E-state index in [1.54, 1.807) is 0 Å². The van der Waals surface area contributed by atoms with Crippen LogP contribution in [-0.4, -0.2) is 67.7 Å². The van der Waals surface area contributed by atoms with Gasteiger partial charge in [0, 0.05) is 6.42 Å². The second-order valence-electron chi connectivity index (χ2n) is 9.43. The topological polar surface area (TPSA) is 154 Å². The van der Waals surface area contributed by atoms with Crippen molar-refractivity contribution in [2.45, 2.75) is 102 Å². The lowest BCUT2D eigenvalue weighted by atomic mass is 9.92. The lowest BCUT2D eigenvalue weighted by Crippen LogP contribution is -2.42. The largest absolute Gasteiger partial charge is 0.465 e.